The number of benzene rings is 1. The Morgan fingerprint density at radius 2 is 2.10 bits per heavy atom. The molecular weight excluding hydrogens is 264 g/mol. The van der Waals surface area contributed by atoms with Gasteiger partial charge in [0.15, 0.2) is 0 Å². The highest BCUT2D eigenvalue weighted by atomic mass is 15.4. The summed E-state index contributed by atoms with van der Waals surface area (Å²) in [7, 11) is 0. The lowest BCUT2D eigenvalue weighted by atomic mass is 10.2. The molecule has 110 valence electrons. The molecule has 0 aliphatic heterocycles. The lowest BCUT2D eigenvalue weighted by Crippen LogP contribution is -2.03. The van der Waals surface area contributed by atoms with Crippen molar-refractivity contribution in [2.24, 2.45) is 5.73 Å². The van der Waals surface area contributed by atoms with Crippen molar-refractivity contribution in [3.63, 3.8) is 0 Å². The monoisotopic (exact) mass is 284 g/mol. The number of aryl methyl sites for hydroxylation is 2. The Balaban J connectivity index is 1.86. The molecule has 0 spiro atoms. The van der Waals surface area contributed by atoms with E-state index >= 15 is 0 Å². The van der Waals surface area contributed by atoms with Crippen molar-refractivity contribution >= 4 is 10.9 Å². The third-order valence-corrected chi connectivity index (χ3v) is 3.57. The van der Waals surface area contributed by atoms with Crippen LogP contribution in [0.2, 0.25) is 0 Å². The standard InChI is InChI=1S/C15H20N6/c1-2-21-15-8-4-3-7-13(15)14(18-21)11-20-10-12(17-19-20)6-5-9-16/h3-4,7-8,10H,2,5-6,9,11,16H2,1H3. The van der Waals surface area contributed by atoms with Crippen molar-refractivity contribution in [1.82, 2.24) is 24.8 Å². The molecular formula is C15H20N6. The van der Waals surface area contributed by atoms with Gasteiger partial charge in [0.2, 0.25) is 0 Å². The fourth-order valence-electron chi connectivity index (χ4n) is 2.52. The summed E-state index contributed by atoms with van der Waals surface area (Å²) < 4.78 is 3.87. The summed E-state index contributed by atoms with van der Waals surface area (Å²) >= 11 is 0. The Bertz CT molecular complexity index is 727. The second-order valence-electron chi connectivity index (χ2n) is 5.08. The van der Waals surface area contributed by atoms with Gasteiger partial charge in [-0.3, -0.25) is 4.68 Å². The molecule has 0 aliphatic rings. The van der Waals surface area contributed by atoms with Gasteiger partial charge in [-0.25, -0.2) is 4.68 Å². The van der Waals surface area contributed by atoms with E-state index in [9.17, 15) is 0 Å². The third-order valence-electron chi connectivity index (χ3n) is 3.57. The van der Waals surface area contributed by atoms with Crippen molar-refractivity contribution in [3.05, 3.63) is 41.9 Å². The van der Waals surface area contributed by atoms with Crippen LogP contribution < -0.4 is 5.73 Å². The minimum atomic E-state index is 0.642. The molecule has 0 atom stereocenters. The number of hydrogen-bond acceptors (Lipinski definition) is 4. The maximum absolute atomic E-state index is 5.52. The molecule has 0 radical (unpaired) electrons. The van der Waals surface area contributed by atoms with Gasteiger partial charge >= 0.3 is 0 Å². The Labute approximate surface area is 123 Å². The Hall–Kier alpha value is -2.21. The van der Waals surface area contributed by atoms with Crippen molar-refractivity contribution < 1.29 is 0 Å². The number of para-hydroxylation sites is 1. The van der Waals surface area contributed by atoms with E-state index in [0.717, 1.165) is 30.8 Å². The molecule has 0 saturated carbocycles. The highest BCUT2D eigenvalue weighted by Gasteiger charge is 2.10. The summed E-state index contributed by atoms with van der Waals surface area (Å²) in [4.78, 5) is 0. The average Bonchev–Trinajstić information content (AvgIpc) is 3.10. The molecule has 1 aromatic carbocycles. The van der Waals surface area contributed by atoms with Gasteiger partial charge in [-0.2, -0.15) is 5.10 Å². The molecule has 0 aliphatic carbocycles. The number of fused-ring (bicyclic) bond motifs is 1. The van der Waals surface area contributed by atoms with Gasteiger partial charge in [-0.15, -0.1) is 5.10 Å². The van der Waals surface area contributed by atoms with Crippen LogP contribution in [0.15, 0.2) is 30.5 Å². The molecule has 2 aromatic heterocycles. The molecule has 0 bridgehead atoms. The highest BCUT2D eigenvalue weighted by molar-refractivity contribution is 5.81. The van der Waals surface area contributed by atoms with E-state index in [-0.39, 0.29) is 0 Å². The summed E-state index contributed by atoms with van der Waals surface area (Å²) in [5.41, 5.74) is 8.70. The number of hydrogen-bond donors (Lipinski definition) is 1. The second-order valence-corrected chi connectivity index (χ2v) is 5.08. The number of rotatable bonds is 6. The molecule has 0 amide bonds. The summed E-state index contributed by atoms with van der Waals surface area (Å²) in [5, 5.41) is 14.2. The Morgan fingerprint density at radius 3 is 2.90 bits per heavy atom. The first kappa shape index (κ1) is 13.8. The molecule has 0 saturated heterocycles. The second kappa shape index (κ2) is 6.05. The topological polar surface area (TPSA) is 74.5 Å². The first-order valence-electron chi connectivity index (χ1n) is 7.35. The van der Waals surface area contributed by atoms with E-state index in [1.807, 2.05) is 27.7 Å². The molecule has 0 fully saturated rings. The SMILES string of the molecule is CCn1nc(Cn2cc(CCCN)nn2)c2ccccc21. The van der Waals surface area contributed by atoms with Crippen LogP contribution in [0.1, 0.15) is 24.7 Å². The van der Waals surface area contributed by atoms with Gasteiger partial charge in [0, 0.05) is 18.1 Å². The molecule has 3 aromatic rings. The third kappa shape index (κ3) is 2.80. The number of nitrogens with zero attached hydrogens (tertiary/aromatic N) is 5. The largest absolute Gasteiger partial charge is 0.330 e. The first-order chi connectivity index (χ1) is 10.3. The van der Waals surface area contributed by atoms with Gasteiger partial charge in [0.05, 0.1) is 23.4 Å². The minimum absolute atomic E-state index is 0.642. The van der Waals surface area contributed by atoms with Gasteiger partial charge < -0.3 is 5.73 Å². The summed E-state index contributed by atoms with van der Waals surface area (Å²) in [6, 6.07) is 8.29. The Morgan fingerprint density at radius 1 is 1.24 bits per heavy atom. The van der Waals surface area contributed by atoms with Gasteiger partial charge in [0.25, 0.3) is 0 Å². The maximum Gasteiger partial charge on any atom is 0.0918 e. The van der Waals surface area contributed by atoms with Crippen LogP contribution in [-0.2, 0) is 19.5 Å². The van der Waals surface area contributed by atoms with Crippen LogP contribution >= 0.6 is 0 Å². The summed E-state index contributed by atoms with van der Waals surface area (Å²) in [6.45, 7) is 4.28. The van der Waals surface area contributed by atoms with Crippen molar-refractivity contribution in [3.8, 4) is 0 Å². The first-order valence-corrected chi connectivity index (χ1v) is 7.35. The van der Waals surface area contributed by atoms with Crippen LogP contribution in [0.25, 0.3) is 10.9 Å². The zero-order chi connectivity index (χ0) is 14.7. The highest BCUT2D eigenvalue weighted by Crippen LogP contribution is 2.19. The van der Waals surface area contributed by atoms with E-state index in [1.54, 1.807) is 0 Å². The summed E-state index contributed by atoms with van der Waals surface area (Å²) in [6.07, 6.45) is 3.79. The fraction of sp³-hybridized carbons (Fsp3) is 0.400. The van der Waals surface area contributed by atoms with E-state index in [1.165, 1.54) is 10.9 Å². The van der Waals surface area contributed by atoms with Gasteiger partial charge in [0.1, 0.15) is 0 Å². The maximum atomic E-state index is 5.52. The van der Waals surface area contributed by atoms with Crippen molar-refractivity contribution in [2.75, 3.05) is 6.54 Å². The predicted molar refractivity (Wildman–Crippen MR) is 81.9 cm³/mol. The molecule has 6 nitrogen and oxygen atoms in total. The van der Waals surface area contributed by atoms with Crippen LogP contribution in [0.5, 0.6) is 0 Å². The number of nitrogens with two attached hydrogens (primary N) is 1. The molecule has 3 rings (SSSR count). The fourth-order valence-corrected chi connectivity index (χ4v) is 2.52. The zero-order valence-electron chi connectivity index (χ0n) is 12.2. The summed E-state index contributed by atoms with van der Waals surface area (Å²) in [5.74, 6) is 0. The van der Waals surface area contributed by atoms with Gasteiger partial charge in [-0.05, 0) is 32.4 Å². The van der Waals surface area contributed by atoms with E-state index < -0.39 is 0 Å². The van der Waals surface area contributed by atoms with Crippen LogP contribution in [0.3, 0.4) is 0 Å². The van der Waals surface area contributed by atoms with Crippen molar-refractivity contribution in [2.45, 2.75) is 32.9 Å². The molecule has 2 heterocycles. The smallest absolute Gasteiger partial charge is 0.0918 e. The van der Waals surface area contributed by atoms with Crippen molar-refractivity contribution in [1.29, 1.82) is 0 Å². The zero-order valence-corrected chi connectivity index (χ0v) is 12.2. The quantitative estimate of drug-likeness (QED) is 0.746. The van der Waals surface area contributed by atoms with E-state index in [0.29, 0.717) is 13.1 Å². The van der Waals surface area contributed by atoms with Crippen LogP contribution in [0, 0.1) is 0 Å². The lowest BCUT2D eigenvalue weighted by molar-refractivity contribution is 0.611. The van der Waals surface area contributed by atoms with E-state index in [4.69, 9.17) is 5.73 Å². The molecule has 6 heteroatoms. The molecule has 0 unspecified atom stereocenters. The lowest BCUT2D eigenvalue weighted by Gasteiger charge is -1.97. The van der Waals surface area contributed by atoms with E-state index in [2.05, 4.69) is 34.5 Å². The van der Waals surface area contributed by atoms with Crippen LogP contribution in [0.4, 0.5) is 0 Å². The van der Waals surface area contributed by atoms with Gasteiger partial charge in [-0.1, -0.05) is 23.4 Å². The average molecular weight is 284 g/mol. The molecule has 21 heavy (non-hydrogen) atoms. The Kier molecular flexibility index (Phi) is 3.96. The number of aromatic nitrogens is 5. The van der Waals surface area contributed by atoms with Crippen LogP contribution in [-0.4, -0.2) is 31.3 Å². The minimum Gasteiger partial charge on any atom is -0.330 e. The normalized spacial score (nSPS) is 11.3. The predicted octanol–water partition coefficient (Wildman–Crippen LogP) is 1.59. The molecule has 2 N–H and O–H groups in total.